The Balaban J connectivity index is 1.45. The van der Waals surface area contributed by atoms with Crippen molar-refractivity contribution in [3.05, 3.63) is 77.0 Å². The molecule has 0 bridgehead atoms. The number of fused-ring (bicyclic) bond motifs is 1. The average molecular weight is 431 g/mol. The first-order chi connectivity index (χ1) is 15.5. The van der Waals surface area contributed by atoms with Crippen LogP contribution in [0.25, 0.3) is 0 Å². The largest absolute Gasteiger partial charge is 0.412 e. The third kappa shape index (κ3) is 3.23. The zero-order valence-corrected chi connectivity index (χ0v) is 17.1. The van der Waals surface area contributed by atoms with Gasteiger partial charge in [0.05, 0.1) is 6.54 Å². The Labute approximate surface area is 183 Å². The lowest BCUT2D eigenvalue weighted by molar-refractivity contribution is -0.124. The molecule has 2 aromatic carbocycles. The maximum absolute atomic E-state index is 13.0. The van der Waals surface area contributed by atoms with Crippen LogP contribution >= 0.6 is 0 Å². The number of carbonyl (C=O) groups excluding carboxylic acids is 3. The molecule has 1 unspecified atom stereocenters. The molecule has 0 radical (unpaired) electrons. The SMILES string of the molecule is NOc1ccc2c(c1)C(=O)N(C[C@@]1(c3ccc(C4C=NC=CC4)cc3)NC(=O)NC1=O)C2. The van der Waals surface area contributed by atoms with Crippen LogP contribution in [0.1, 0.15) is 39.4 Å². The number of nitrogens with one attached hydrogen (secondary N) is 2. The number of urea groups is 1. The number of allylic oxidation sites excluding steroid dienone is 1. The van der Waals surface area contributed by atoms with E-state index in [0.29, 0.717) is 23.4 Å². The Morgan fingerprint density at radius 2 is 1.97 bits per heavy atom. The van der Waals surface area contributed by atoms with Crippen molar-refractivity contribution in [2.45, 2.75) is 24.4 Å². The summed E-state index contributed by atoms with van der Waals surface area (Å²) in [6, 6.07) is 11.9. The minimum Gasteiger partial charge on any atom is -0.412 e. The average Bonchev–Trinajstić information content (AvgIpc) is 3.29. The van der Waals surface area contributed by atoms with Gasteiger partial charge in [0.2, 0.25) is 0 Å². The molecule has 4 amide bonds. The predicted octanol–water partition coefficient (Wildman–Crippen LogP) is 1.70. The molecule has 3 heterocycles. The van der Waals surface area contributed by atoms with E-state index in [0.717, 1.165) is 17.5 Å². The first-order valence-electron chi connectivity index (χ1n) is 10.2. The molecule has 0 saturated carbocycles. The fourth-order valence-electron chi connectivity index (χ4n) is 4.44. The third-order valence-electron chi connectivity index (χ3n) is 6.15. The highest BCUT2D eigenvalue weighted by atomic mass is 16.6. The zero-order chi connectivity index (χ0) is 22.3. The second-order valence-electron chi connectivity index (χ2n) is 8.06. The van der Waals surface area contributed by atoms with E-state index in [1.165, 1.54) is 0 Å². The zero-order valence-electron chi connectivity index (χ0n) is 17.1. The number of rotatable bonds is 5. The summed E-state index contributed by atoms with van der Waals surface area (Å²) in [7, 11) is 0. The summed E-state index contributed by atoms with van der Waals surface area (Å²) in [6.07, 6.45) is 6.50. The number of nitrogens with two attached hydrogens (primary N) is 1. The van der Waals surface area contributed by atoms with Crippen LogP contribution in [0.3, 0.4) is 0 Å². The highest BCUT2D eigenvalue weighted by Gasteiger charge is 2.50. The van der Waals surface area contributed by atoms with Crippen molar-refractivity contribution < 1.29 is 19.2 Å². The van der Waals surface area contributed by atoms with Gasteiger partial charge in [0.25, 0.3) is 11.8 Å². The van der Waals surface area contributed by atoms with Gasteiger partial charge in [-0.05, 0) is 35.2 Å². The van der Waals surface area contributed by atoms with Gasteiger partial charge in [0.1, 0.15) is 5.75 Å². The van der Waals surface area contributed by atoms with Gasteiger partial charge < -0.3 is 15.1 Å². The van der Waals surface area contributed by atoms with Crippen molar-refractivity contribution >= 4 is 24.1 Å². The molecule has 1 saturated heterocycles. The van der Waals surface area contributed by atoms with Crippen LogP contribution in [0.2, 0.25) is 0 Å². The number of hydrogen-bond donors (Lipinski definition) is 3. The monoisotopic (exact) mass is 431 g/mol. The van der Waals surface area contributed by atoms with Crippen LogP contribution in [-0.4, -0.2) is 35.5 Å². The van der Waals surface area contributed by atoms with Crippen molar-refractivity contribution in [2.24, 2.45) is 10.9 Å². The smallest absolute Gasteiger partial charge is 0.322 e. The van der Waals surface area contributed by atoms with E-state index in [9.17, 15) is 14.4 Å². The predicted molar refractivity (Wildman–Crippen MR) is 116 cm³/mol. The minimum absolute atomic E-state index is 0.0100. The topological polar surface area (TPSA) is 126 Å². The van der Waals surface area contributed by atoms with E-state index in [2.05, 4.69) is 15.6 Å². The Morgan fingerprint density at radius 1 is 1.16 bits per heavy atom. The molecule has 9 heteroatoms. The lowest BCUT2D eigenvalue weighted by Crippen LogP contribution is -2.52. The molecule has 5 rings (SSSR count). The summed E-state index contributed by atoms with van der Waals surface area (Å²) in [5, 5.41) is 5.07. The van der Waals surface area contributed by atoms with Gasteiger partial charge in [-0.1, -0.05) is 36.4 Å². The summed E-state index contributed by atoms with van der Waals surface area (Å²) < 4.78 is 0. The fourth-order valence-corrected chi connectivity index (χ4v) is 4.44. The Hall–Kier alpha value is -3.98. The van der Waals surface area contributed by atoms with E-state index >= 15 is 0 Å². The molecule has 0 aliphatic carbocycles. The number of carbonyl (C=O) groups is 3. The van der Waals surface area contributed by atoms with Gasteiger partial charge in [-0.2, -0.15) is 5.90 Å². The van der Waals surface area contributed by atoms with Crippen molar-refractivity contribution in [2.75, 3.05) is 6.54 Å². The summed E-state index contributed by atoms with van der Waals surface area (Å²) >= 11 is 0. The molecular weight excluding hydrogens is 410 g/mol. The normalized spacial score (nSPS) is 23.8. The van der Waals surface area contributed by atoms with E-state index in [4.69, 9.17) is 10.7 Å². The molecule has 3 aliphatic heterocycles. The molecule has 3 aliphatic rings. The van der Waals surface area contributed by atoms with Gasteiger partial charge in [-0.15, -0.1) is 0 Å². The number of hydrogen-bond acceptors (Lipinski definition) is 6. The Kier molecular flexibility index (Phi) is 4.75. The van der Waals surface area contributed by atoms with E-state index in [-0.39, 0.29) is 18.4 Å². The van der Waals surface area contributed by atoms with Crippen molar-refractivity contribution in [3.63, 3.8) is 0 Å². The van der Waals surface area contributed by atoms with E-state index in [1.807, 2.05) is 36.6 Å². The molecule has 0 aromatic heterocycles. The van der Waals surface area contributed by atoms with Crippen LogP contribution in [0.15, 0.2) is 59.7 Å². The van der Waals surface area contributed by atoms with E-state index < -0.39 is 17.5 Å². The van der Waals surface area contributed by atoms with Crippen molar-refractivity contribution in [3.8, 4) is 5.75 Å². The molecule has 9 nitrogen and oxygen atoms in total. The molecular formula is C23H21N5O4. The molecule has 2 atom stereocenters. The number of benzene rings is 2. The maximum atomic E-state index is 13.0. The third-order valence-corrected chi connectivity index (χ3v) is 6.15. The second kappa shape index (κ2) is 7.61. The van der Waals surface area contributed by atoms with Crippen molar-refractivity contribution in [1.29, 1.82) is 0 Å². The summed E-state index contributed by atoms with van der Waals surface area (Å²) in [4.78, 5) is 48.6. The quantitative estimate of drug-likeness (QED) is 0.491. The van der Waals surface area contributed by atoms with Gasteiger partial charge in [0.15, 0.2) is 5.54 Å². The first kappa shape index (κ1) is 20.0. The fraction of sp³-hybridized carbons (Fsp3) is 0.217. The van der Waals surface area contributed by atoms with E-state index in [1.54, 1.807) is 29.3 Å². The number of nitrogens with zero attached hydrogens (tertiary/aromatic N) is 2. The lowest BCUT2D eigenvalue weighted by atomic mass is 9.86. The van der Waals surface area contributed by atoms with Crippen LogP contribution < -0.4 is 21.4 Å². The summed E-state index contributed by atoms with van der Waals surface area (Å²) in [6.45, 7) is 0.302. The number of amides is 4. The standard InChI is InChI=1S/C23H21N5O4/c24-32-18-8-5-16-12-28(20(29)19(16)10-18)13-23(21(30)26-22(31)27-23)17-6-3-14(4-7-17)15-2-1-9-25-11-15/h1,3-11,15H,2,12-13,24H2,(H2,26,27,30,31)/t15?,23-/m0/s1. The minimum atomic E-state index is -1.39. The maximum Gasteiger partial charge on any atom is 0.322 e. The first-order valence-corrected chi connectivity index (χ1v) is 10.2. The highest BCUT2D eigenvalue weighted by molar-refractivity contribution is 6.08. The van der Waals surface area contributed by atoms with Gasteiger partial charge >= 0.3 is 6.03 Å². The second-order valence-corrected chi connectivity index (χ2v) is 8.06. The molecule has 2 aromatic rings. The van der Waals surface area contributed by atoms with Crippen LogP contribution in [0.5, 0.6) is 5.75 Å². The van der Waals surface area contributed by atoms with Crippen LogP contribution in [0.4, 0.5) is 4.79 Å². The van der Waals surface area contributed by atoms with Gasteiger partial charge in [0, 0.05) is 30.4 Å². The number of imide groups is 1. The molecule has 1 fully saturated rings. The molecule has 4 N–H and O–H groups in total. The van der Waals surface area contributed by atoms with Crippen LogP contribution in [0, 0.1) is 0 Å². The van der Waals surface area contributed by atoms with Gasteiger partial charge in [-0.3, -0.25) is 19.9 Å². The Bertz CT molecular complexity index is 1170. The molecule has 0 spiro atoms. The van der Waals surface area contributed by atoms with Crippen molar-refractivity contribution in [1.82, 2.24) is 15.5 Å². The molecule has 162 valence electrons. The highest BCUT2D eigenvalue weighted by Crippen LogP contribution is 2.33. The summed E-state index contributed by atoms with van der Waals surface area (Å²) in [5.74, 6) is 5.00. The van der Waals surface area contributed by atoms with Gasteiger partial charge in [-0.25, -0.2) is 4.79 Å². The Morgan fingerprint density at radius 3 is 2.62 bits per heavy atom. The number of aliphatic imine (C=N–C) groups is 1. The molecule has 32 heavy (non-hydrogen) atoms. The lowest BCUT2D eigenvalue weighted by Gasteiger charge is -2.31. The summed E-state index contributed by atoms with van der Waals surface area (Å²) in [5.41, 5.74) is 1.54. The van der Waals surface area contributed by atoms with Crippen LogP contribution in [-0.2, 0) is 16.9 Å².